The molecular weight excluding hydrogens is 556 g/mol. The molecule has 2 amide bonds. The number of rotatable bonds is 18. The highest BCUT2D eigenvalue weighted by molar-refractivity contribution is 5.96. The van der Waals surface area contributed by atoms with Gasteiger partial charge in [0.15, 0.2) is 0 Å². The van der Waals surface area contributed by atoms with Crippen molar-refractivity contribution in [1.29, 1.82) is 0 Å². The Balaban J connectivity index is 1.54. The van der Waals surface area contributed by atoms with Crippen LogP contribution < -0.4 is 14.8 Å². The largest absolute Gasteiger partial charge is 0.496 e. The lowest BCUT2D eigenvalue weighted by Crippen LogP contribution is -2.56. The maximum Gasteiger partial charge on any atom is 0.247 e. The van der Waals surface area contributed by atoms with Gasteiger partial charge in [-0.25, -0.2) is 0 Å². The Morgan fingerprint density at radius 2 is 1.64 bits per heavy atom. The number of methoxy groups -OCH3 is 1. The standard InChI is InChI=1S/C36H50N2O6/c1-3-4-5-6-7-8-9-10-11-20-32(40)38(23-21-26-16-12-14-18-30(26)43-2)29-25-28(36(42)37-22-24-39)33-27-17-13-15-19-31(27)44-35(33)34(29)41/h12-19,25,29,33-35,39,41H,3-11,20-24H2,1-2H3,(H,37,42)/t29-,33+,34+,35+/m1/s1. The highest BCUT2D eigenvalue weighted by Gasteiger charge is 2.50. The number of nitrogens with one attached hydrogen (secondary N) is 1. The van der Waals surface area contributed by atoms with Gasteiger partial charge in [-0.05, 0) is 36.6 Å². The summed E-state index contributed by atoms with van der Waals surface area (Å²) in [4.78, 5) is 29.1. The Bertz CT molecular complexity index is 1250. The van der Waals surface area contributed by atoms with Crippen molar-refractivity contribution in [1.82, 2.24) is 10.2 Å². The zero-order chi connectivity index (χ0) is 31.3. The lowest BCUT2D eigenvalue weighted by Gasteiger charge is -2.41. The van der Waals surface area contributed by atoms with Gasteiger partial charge >= 0.3 is 0 Å². The molecule has 0 spiro atoms. The number of para-hydroxylation sites is 2. The lowest BCUT2D eigenvalue weighted by molar-refractivity contribution is -0.137. The van der Waals surface area contributed by atoms with Crippen LogP contribution in [0.1, 0.15) is 88.2 Å². The topological polar surface area (TPSA) is 108 Å². The average molecular weight is 607 g/mol. The van der Waals surface area contributed by atoms with Crippen molar-refractivity contribution in [3.63, 3.8) is 0 Å². The van der Waals surface area contributed by atoms with Gasteiger partial charge in [0.1, 0.15) is 23.7 Å². The van der Waals surface area contributed by atoms with Gasteiger partial charge in [-0.1, -0.05) is 94.7 Å². The zero-order valence-electron chi connectivity index (χ0n) is 26.4. The first-order valence-corrected chi connectivity index (χ1v) is 16.5. The van der Waals surface area contributed by atoms with E-state index in [-0.39, 0.29) is 25.0 Å². The molecule has 1 heterocycles. The van der Waals surface area contributed by atoms with Crippen LogP contribution in [0.4, 0.5) is 0 Å². The van der Waals surface area contributed by atoms with Crippen LogP contribution in [0.15, 0.2) is 60.2 Å². The molecule has 0 aromatic heterocycles. The van der Waals surface area contributed by atoms with Gasteiger partial charge in [0.25, 0.3) is 0 Å². The monoisotopic (exact) mass is 606 g/mol. The van der Waals surface area contributed by atoms with E-state index in [0.717, 1.165) is 36.1 Å². The molecule has 0 unspecified atom stereocenters. The smallest absolute Gasteiger partial charge is 0.247 e. The summed E-state index contributed by atoms with van der Waals surface area (Å²) in [6.45, 7) is 2.50. The van der Waals surface area contributed by atoms with Crippen LogP contribution in [-0.2, 0) is 16.0 Å². The number of aliphatic hydroxyl groups is 2. The number of hydrogen-bond donors (Lipinski definition) is 3. The third-order valence-electron chi connectivity index (χ3n) is 8.87. The molecule has 0 fully saturated rings. The van der Waals surface area contributed by atoms with Crippen molar-refractivity contribution < 1.29 is 29.3 Å². The van der Waals surface area contributed by atoms with Gasteiger partial charge in [-0.2, -0.15) is 0 Å². The molecule has 2 aliphatic rings. The van der Waals surface area contributed by atoms with Crippen molar-refractivity contribution in [3.8, 4) is 11.5 Å². The van der Waals surface area contributed by atoms with E-state index in [4.69, 9.17) is 9.47 Å². The molecule has 240 valence electrons. The molecule has 4 atom stereocenters. The summed E-state index contributed by atoms with van der Waals surface area (Å²) in [5.74, 6) is 0.524. The average Bonchev–Trinajstić information content (AvgIpc) is 3.44. The van der Waals surface area contributed by atoms with Crippen LogP contribution in [0.3, 0.4) is 0 Å². The second-order valence-electron chi connectivity index (χ2n) is 11.9. The van der Waals surface area contributed by atoms with Gasteiger partial charge in [0.2, 0.25) is 11.8 Å². The molecule has 2 aromatic rings. The van der Waals surface area contributed by atoms with Crippen molar-refractivity contribution >= 4 is 11.8 Å². The Kier molecular flexibility index (Phi) is 13.1. The second kappa shape index (κ2) is 17.2. The summed E-state index contributed by atoms with van der Waals surface area (Å²) in [7, 11) is 1.63. The van der Waals surface area contributed by atoms with Gasteiger partial charge in [-0.3, -0.25) is 9.59 Å². The van der Waals surface area contributed by atoms with Crippen molar-refractivity contribution in [2.75, 3.05) is 26.8 Å². The Hall–Kier alpha value is -3.36. The van der Waals surface area contributed by atoms with Crippen molar-refractivity contribution in [2.45, 2.75) is 102 Å². The number of hydrogen-bond acceptors (Lipinski definition) is 6. The minimum absolute atomic E-state index is 0.0489. The van der Waals surface area contributed by atoms with E-state index in [1.807, 2.05) is 48.5 Å². The molecule has 4 rings (SSSR count). The van der Waals surface area contributed by atoms with E-state index in [0.29, 0.717) is 30.7 Å². The number of aliphatic hydroxyl groups excluding tert-OH is 2. The summed E-state index contributed by atoms with van der Waals surface area (Å²) in [6, 6.07) is 14.5. The number of unbranched alkanes of at least 4 members (excludes halogenated alkanes) is 8. The molecule has 0 radical (unpaired) electrons. The highest BCUT2D eigenvalue weighted by Crippen LogP contribution is 2.47. The summed E-state index contributed by atoms with van der Waals surface area (Å²) in [5, 5.41) is 23.9. The molecule has 1 aliphatic carbocycles. The van der Waals surface area contributed by atoms with Gasteiger partial charge in [0.05, 0.1) is 25.7 Å². The maximum absolute atomic E-state index is 13.9. The number of carbonyl (C=O) groups excluding carboxylic acids is 2. The van der Waals surface area contributed by atoms with E-state index in [1.165, 1.54) is 38.5 Å². The fourth-order valence-electron chi connectivity index (χ4n) is 6.51. The lowest BCUT2D eigenvalue weighted by atomic mass is 9.77. The third kappa shape index (κ3) is 8.42. The van der Waals surface area contributed by atoms with Crippen LogP contribution in [-0.4, -0.2) is 72.0 Å². The molecular formula is C36H50N2O6. The second-order valence-corrected chi connectivity index (χ2v) is 11.9. The van der Waals surface area contributed by atoms with Crippen LogP contribution in [0.25, 0.3) is 0 Å². The fraction of sp³-hybridized carbons (Fsp3) is 0.556. The molecule has 0 saturated carbocycles. The quantitative estimate of drug-likeness (QED) is 0.199. The van der Waals surface area contributed by atoms with Crippen molar-refractivity contribution in [3.05, 3.63) is 71.3 Å². The molecule has 0 bridgehead atoms. The van der Waals surface area contributed by atoms with E-state index in [1.54, 1.807) is 18.1 Å². The number of benzene rings is 2. The SMILES string of the molecule is CCCCCCCCCCCC(=O)N(CCc1ccccc1OC)[C@@H]1C=C(C(=O)NCCO)[C@@H]2c3ccccc3O[C@@H]2[C@H]1O. The number of amides is 2. The van der Waals surface area contributed by atoms with E-state index >= 15 is 0 Å². The zero-order valence-corrected chi connectivity index (χ0v) is 26.4. The number of carbonyl (C=O) groups is 2. The Morgan fingerprint density at radius 3 is 2.36 bits per heavy atom. The first-order chi connectivity index (χ1) is 21.5. The maximum atomic E-state index is 13.9. The van der Waals surface area contributed by atoms with Crippen LogP contribution in [0.5, 0.6) is 11.5 Å². The predicted molar refractivity (Wildman–Crippen MR) is 172 cm³/mol. The normalized spacial score (nSPS) is 20.2. The van der Waals surface area contributed by atoms with Gasteiger partial charge < -0.3 is 29.9 Å². The first kappa shape index (κ1) is 33.5. The number of ether oxygens (including phenoxy) is 2. The van der Waals surface area contributed by atoms with Gasteiger partial charge in [0, 0.05) is 30.6 Å². The predicted octanol–water partition coefficient (Wildman–Crippen LogP) is 5.31. The highest BCUT2D eigenvalue weighted by atomic mass is 16.5. The summed E-state index contributed by atoms with van der Waals surface area (Å²) < 4.78 is 11.8. The summed E-state index contributed by atoms with van der Waals surface area (Å²) in [5.41, 5.74) is 2.25. The van der Waals surface area contributed by atoms with E-state index in [2.05, 4.69) is 12.2 Å². The molecule has 8 nitrogen and oxygen atoms in total. The third-order valence-corrected chi connectivity index (χ3v) is 8.87. The van der Waals surface area contributed by atoms with Gasteiger partial charge in [-0.15, -0.1) is 0 Å². The van der Waals surface area contributed by atoms with Crippen LogP contribution in [0.2, 0.25) is 0 Å². The molecule has 0 saturated heterocycles. The minimum Gasteiger partial charge on any atom is -0.496 e. The summed E-state index contributed by atoms with van der Waals surface area (Å²) >= 11 is 0. The number of fused-ring (bicyclic) bond motifs is 3. The molecule has 1 aliphatic heterocycles. The van der Waals surface area contributed by atoms with Crippen LogP contribution >= 0.6 is 0 Å². The van der Waals surface area contributed by atoms with E-state index < -0.39 is 24.2 Å². The Morgan fingerprint density at radius 1 is 0.955 bits per heavy atom. The van der Waals surface area contributed by atoms with Crippen molar-refractivity contribution in [2.24, 2.45) is 0 Å². The molecule has 2 aromatic carbocycles. The van der Waals surface area contributed by atoms with Crippen LogP contribution in [0, 0.1) is 0 Å². The summed E-state index contributed by atoms with van der Waals surface area (Å²) in [6.07, 6.45) is 11.3. The molecule has 3 N–H and O–H groups in total. The first-order valence-electron chi connectivity index (χ1n) is 16.5. The van der Waals surface area contributed by atoms with E-state index in [9.17, 15) is 19.8 Å². The minimum atomic E-state index is -1.04. The molecule has 44 heavy (non-hydrogen) atoms. The Labute approximate surface area is 262 Å². The fourth-order valence-corrected chi connectivity index (χ4v) is 6.51. The number of nitrogens with zero attached hydrogens (tertiary/aromatic N) is 1. The molecule has 8 heteroatoms.